The molecule has 3 heteroatoms. The fraction of sp³-hybridized carbons (Fsp3) is 0.571. The van der Waals surface area contributed by atoms with Gasteiger partial charge >= 0.3 is 0 Å². The van der Waals surface area contributed by atoms with Crippen molar-refractivity contribution in [1.82, 2.24) is 0 Å². The molecular weight excluding hydrogens is 283 g/mol. The van der Waals surface area contributed by atoms with Gasteiger partial charge in [-0.2, -0.15) is 0 Å². The molecule has 0 saturated heterocycles. The normalized spacial score (nSPS) is 29.3. The summed E-state index contributed by atoms with van der Waals surface area (Å²) in [5.74, 6) is 0.302. The molecule has 17 heavy (non-hydrogen) atoms. The van der Waals surface area contributed by atoms with E-state index in [-0.39, 0.29) is 5.82 Å². The second-order valence-electron chi connectivity index (χ2n) is 5.32. The Kier molecular flexibility index (Phi) is 3.88. The monoisotopic (exact) mass is 300 g/mol. The lowest BCUT2D eigenvalue weighted by Gasteiger charge is -2.36. The van der Waals surface area contributed by atoms with Crippen LogP contribution in [0.1, 0.15) is 38.2 Å². The van der Waals surface area contributed by atoms with E-state index in [2.05, 4.69) is 22.9 Å². The summed E-state index contributed by atoms with van der Waals surface area (Å²) in [5, 5.41) is 10.6. The smallest absolute Gasteiger partial charge is 0.137 e. The lowest BCUT2D eigenvalue weighted by Crippen LogP contribution is -2.36. The number of hydrogen-bond acceptors (Lipinski definition) is 1. The van der Waals surface area contributed by atoms with Gasteiger partial charge in [0.05, 0.1) is 10.1 Å². The van der Waals surface area contributed by atoms with Gasteiger partial charge in [-0.1, -0.05) is 31.9 Å². The minimum Gasteiger partial charge on any atom is -0.390 e. The number of rotatable bonds is 2. The molecule has 1 aliphatic rings. The maximum absolute atomic E-state index is 13.4. The summed E-state index contributed by atoms with van der Waals surface area (Å²) in [6.07, 6.45) is 4.42. The van der Waals surface area contributed by atoms with Crippen LogP contribution in [0, 0.1) is 11.7 Å². The number of hydrogen-bond donors (Lipinski definition) is 1. The van der Waals surface area contributed by atoms with Crippen LogP contribution in [-0.2, 0) is 6.42 Å². The summed E-state index contributed by atoms with van der Waals surface area (Å²) < 4.78 is 13.9. The van der Waals surface area contributed by atoms with Gasteiger partial charge in [-0.15, -0.1) is 0 Å². The zero-order valence-corrected chi connectivity index (χ0v) is 11.6. The fourth-order valence-corrected chi connectivity index (χ4v) is 3.24. The van der Waals surface area contributed by atoms with Crippen LogP contribution in [0.3, 0.4) is 0 Å². The SMILES string of the molecule is CC1CCCC(O)(Cc2cccc(F)c2Br)C1. The van der Waals surface area contributed by atoms with Crippen molar-refractivity contribution in [2.75, 3.05) is 0 Å². The lowest BCUT2D eigenvalue weighted by molar-refractivity contribution is -0.0125. The summed E-state index contributed by atoms with van der Waals surface area (Å²) >= 11 is 3.26. The number of aliphatic hydroxyl groups is 1. The van der Waals surface area contributed by atoms with Gasteiger partial charge in [-0.25, -0.2) is 4.39 Å². The van der Waals surface area contributed by atoms with Crippen LogP contribution in [0.2, 0.25) is 0 Å². The second kappa shape index (κ2) is 5.07. The molecule has 94 valence electrons. The third kappa shape index (κ3) is 3.08. The van der Waals surface area contributed by atoms with Crippen LogP contribution in [0.25, 0.3) is 0 Å². The highest BCUT2D eigenvalue weighted by atomic mass is 79.9. The van der Waals surface area contributed by atoms with E-state index in [1.165, 1.54) is 12.5 Å². The van der Waals surface area contributed by atoms with Crippen LogP contribution >= 0.6 is 15.9 Å². The van der Waals surface area contributed by atoms with Gasteiger partial charge < -0.3 is 5.11 Å². The summed E-state index contributed by atoms with van der Waals surface area (Å²) in [6.45, 7) is 2.17. The predicted octanol–water partition coefficient (Wildman–Crippen LogP) is 4.07. The van der Waals surface area contributed by atoms with Crippen molar-refractivity contribution in [3.05, 3.63) is 34.1 Å². The minimum atomic E-state index is -0.659. The van der Waals surface area contributed by atoms with Gasteiger partial charge in [0.15, 0.2) is 0 Å². The molecule has 1 aromatic carbocycles. The summed E-state index contributed by atoms with van der Waals surface area (Å²) in [6, 6.07) is 5.01. The molecule has 0 spiro atoms. The Morgan fingerprint density at radius 3 is 3.00 bits per heavy atom. The Balaban J connectivity index is 2.17. The molecule has 0 aromatic heterocycles. The Morgan fingerprint density at radius 2 is 2.29 bits per heavy atom. The van der Waals surface area contributed by atoms with E-state index >= 15 is 0 Å². The Hall–Kier alpha value is -0.410. The Bertz CT molecular complexity index is 407. The van der Waals surface area contributed by atoms with Crippen molar-refractivity contribution in [2.45, 2.75) is 44.6 Å². The Labute approximate surface area is 110 Å². The maximum atomic E-state index is 13.4. The van der Waals surface area contributed by atoms with Gasteiger partial charge in [0.2, 0.25) is 0 Å². The summed E-state index contributed by atoms with van der Waals surface area (Å²) in [7, 11) is 0. The van der Waals surface area contributed by atoms with Crippen LogP contribution in [0.4, 0.5) is 4.39 Å². The highest BCUT2D eigenvalue weighted by molar-refractivity contribution is 9.10. The number of benzene rings is 1. The average molecular weight is 301 g/mol. The van der Waals surface area contributed by atoms with Gasteiger partial charge in [0.25, 0.3) is 0 Å². The molecule has 2 atom stereocenters. The first-order valence-electron chi connectivity index (χ1n) is 6.15. The predicted molar refractivity (Wildman–Crippen MR) is 70.4 cm³/mol. The topological polar surface area (TPSA) is 20.2 Å². The second-order valence-corrected chi connectivity index (χ2v) is 6.11. The molecule has 0 amide bonds. The van der Waals surface area contributed by atoms with E-state index in [0.29, 0.717) is 16.8 Å². The highest BCUT2D eigenvalue weighted by Gasteiger charge is 2.33. The third-order valence-corrected chi connectivity index (χ3v) is 4.51. The third-order valence-electron chi connectivity index (χ3n) is 3.62. The van der Waals surface area contributed by atoms with Gasteiger partial charge in [-0.3, -0.25) is 0 Å². The van der Waals surface area contributed by atoms with Crippen molar-refractivity contribution in [1.29, 1.82) is 0 Å². The number of halogens is 2. The first-order valence-corrected chi connectivity index (χ1v) is 6.95. The standard InChI is InChI=1S/C14H18BrFO/c1-10-4-3-7-14(17,8-10)9-11-5-2-6-12(16)13(11)15/h2,5-6,10,17H,3-4,7-9H2,1H3. The fourth-order valence-electron chi connectivity index (χ4n) is 2.83. The Morgan fingerprint density at radius 1 is 1.53 bits per heavy atom. The van der Waals surface area contributed by atoms with E-state index < -0.39 is 5.60 Å². The van der Waals surface area contributed by atoms with E-state index in [1.807, 2.05) is 6.07 Å². The van der Waals surface area contributed by atoms with E-state index in [9.17, 15) is 9.50 Å². The quantitative estimate of drug-likeness (QED) is 0.873. The molecular formula is C14H18BrFO. The lowest BCUT2D eigenvalue weighted by atomic mass is 9.76. The maximum Gasteiger partial charge on any atom is 0.137 e. The summed E-state index contributed by atoms with van der Waals surface area (Å²) in [4.78, 5) is 0. The van der Waals surface area contributed by atoms with Crippen molar-refractivity contribution >= 4 is 15.9 Å². The van der Waals surface area contributed by atoms with Crippen molar-refractivity contribution < 1.29 is 9.50 Å². The molecule has 2 unspecified atom stereocenters. The van der Waals surface area contributed by atoms with Crippen LogP contribution < -0.4 is 0 Å². The van der Waals surface area contributed by atoms with Gasteiger partial charge in [0.1, 0.15) is 5.82 Å². The zero-order chi connectivity index (χ0) is 12.5. The molecule has 0 heterocycles. The zero-order valence-electron chi connectivity index (χ0n) is 10.0. The van der Waals surface area contributed by atoms with E-state index in [1.54, 1.807) is 6.07 Å². The van der Waals surface area contributed by atoms with Gasteiger partial charge in [-0.05, 0) is 46.3 Å². The molecule has 0 radical (unpaired) electrons. The van der Waals surface area contributed by atoms with Gasteiger partial charge in [0, 0.05) is 6.42 Å². The van der Waals surface area contributed by atoms with Crippen molar-refractivity contribution in [2.24, 2.45) is 5.92 Å². The van der Waals surface area contributed by atoms with E-state index in [0.717, 1.165) is 24.8 Å². The molecule has 1 aliphatic carbocycles. The van der Waals surface area contributed by atoms with Crippen molar-refractivity contribution in [3.63, 3.8) is 0 Å². The molecule has 1 fully saturated rings. The minimum absolute atomic E-state index is 0.255. The average Bonchev–Trinajstić information content (AvgIpc) is 2.24. The summed E-state index contributed by atoms with van der Waals surface area (Å²) in [5.41, 5.74) is 0.204. The largest absolute Gasteiger partial charge is 0.390 e. The molecule has 1 saturated carbocycles. The van der Waals surface area contributed by atoms with Crippen LogP contribution in [0.15, 0.2) is 22.7 Å². The van der Waals surface area contributed by atoms with Crippen LogP contribution in [0.5, 0.6) is 0 Å². The molecule has 1 aromatic rings. The highest BCUT2D eigenvalue weighted by Crippen LogP contribution is 2.36. The molecule has 0 aliphatic heterocycles. The molecule has 1 nitrogen and oxygen atoms in total. The first kappa shape index (κ1) is 13.0. The van der Waals surface area contributed by atoms with E-state index in [4.69, 9.17) is 0 Å². The molecule has 0 bridgehead atoms. The molecule has 1 N–H and O–H groups in total. The van der Waals surface area contributed by atoms with Crippen LogP contribution in [-0.4, -0.2) is 10.7 Å². The molecule has 2 rings (SSSR count). The first-order chi connectivity index (χ1) is 8.00. The van der Waals surface area contributed by atoms with Crippen molar-refractivity contribution in [3.8, 4) is 0 Å².